The average Bonchev–Trinajstić information content (AvgIpc) is 2.46. The maximum atomic E-state index is 12.4. The molecule has 0 radical (unpaired) electrons. The number of rotatable bonds is 4. The number of anilines is 1. The van der Waals surface area contributed by atoms with Gasteiger partial charge in [0.05, 0.1) is 0 Å². The zero-order chi connectivity index (χ0) is 15.2. The molecule has 1 unspecified atom stereocenters. The highest BCUT2D eigenvalue weighted by molar-refractivity contribution is 7.99. The molecule has 1 heterocycles. The fourth-order valence-electron chi connectivity index (χ4n) is 2.18. The molecule has 1 aliphatic rings. The van der Waals surface area contributed by atoms with Crippen LogP contribution in [0, 0.1) is 0 Å². The number of nitrogens with zero attached hydrogens (tertiary/aromatic N) is 1. The van der Waals surface area contributed by atoms with Gasteiger partial charge < -0.3 is 16.0 Å². The third-order valence-corrected chi connectivity index (χ3v) is 4.14. The maximum Gasteiger partial charge on any atom is 0.253 e. The lowest BCUT2D eigenvalue weighted by molar-refractivity contribution is -0.116. The van der Waals surface area contributed by atoms with Crippen LogP contribution in [0.1, 0.15) is 23.7 Å². The van der Waals surface area contributed by atoms with Gasteiger partial charge in [0.1, 0.15) is 0 Å². The van der Waals surface area contributed by atoms with Crippen molar-refractivity contribution >= 4 is 29.3 Å². The molecule has 1 atom stereocenters. The first-order valence-electron chi connectivity index (χ1n) is 7.09. The number of carbonyl (C=O) groups is 2. The lowest BCUT2D eigenvalue weighted by atomic mass is 10.1. The zero-order valence-corrected chi connectivity index (χ0v) is 13.0. The molecular formula is C15H21N3O2S. The van der Waals surface area contributed by atoms with E-state index >= 15 is 0 Å². The highest BCUT2D eigenvalue weighted by Crippen LogP contribution is 2.16. The first kappa shape index (κ1) is 15.9. The van der Waals surface area contributed by atoms with Crippen molar-refractivity contribution in [3.8, 4) is 0 Å². The molecule has 0 aliphatic carbocycles. The minimum atomic E-state index is -0.180. The number of benzene rings is 1. The van der Waals surface area contributed by atoms with Gasteiger partial charge in [0.2, 0.25) is 5.91 Å². The summed E-state index contributed by atoms with van der Waals surface area (Å²) >= 11 is 1.87. The molecule has 0 saturated carbocycles. The van der Waals surface area contributed by atoms with Crippen LogP contribution in [-0.2, 0) is 4.79 Å². The Labute approximate surface area is 129 Å². The van der Waals surface area contributed by atoms with Crippen LogP contribution >= 0.6 is 11.8 Å². The molecule has 1 aliphatic heterocycles. The molecule has 1 aromatic rings. The van der Waals surface area contributed by atoms with Gasteiger partial charge in [-0.2, -0.15) is 11.8 Å². The molecular weight excluding hydrogens is 286 g/mol. The van der Waals surface area contributed by atoms with Gasteiger partial charge in [-0.3, -0.25) is 9.59 Å². The first-order valence-corrected chi connectivity index (χ1v) is 8.24. The van der Waals surface area contributed by atoms with Crippen molar-refractivity contribution in [1.29, 1.82) is 0 Å². The van der Waals surface area contributed by atoms with Crippen molar-refractivity contribution in [2.45, 2.75) is 19.4 Å². The molecule has 0 bridgehead atoms. The molecule has 2 amide bonds. The molecule has 2 rings (SSSR count). The van der Waals surface area contributed by atoms with E-state index in [1.54, 1.807) is 31.2 Å². The van der Waals surface area contributed by atoms with Crippen molar-refractivity contribution < 1.29 is 9.59 Å². The van der Waals surface area contributed by atoms with Gasteiger partial charge in [-0.1, -0.05) is 6.07 Å². The monoisotopic (exact) mass is 307 g/mol. The van der Waals surface area contributed by atoms with Crippen molar-refractivity contribution in [1.82, 2.24) is 4.90 Å². The fraction of sp³-hybridized carbons (Fsp3) is 0.467. The number of nitrogens with two attached hydrogens (primary N) is 1. The van der Waals surface area contributed by atoms with E-state index in [1.165, 1.54) is 0 Å². The summed E-state index contributed by atoms with van der Waals surface area (Å²) in [6.45, 7) is 3.35. The molecule has 21 heavy (non-hydrogen) atoms. The van der Waals surface area contributed by atoms with E-state index in [-0.39, 0.29) is 24.3 Å². The molecule has 114 valence electrons. The summed E-state index contributed by atoms with van der Waals surface area (Å²) in [6, 6.07) is 6.89. The molecule has 6 heteroatoms. The summed E-state index contributed by atoms with van der Waals surface area (Å²) in [6.07, 6.45) is 0.265. The van der Waals surface area contributed by atoms with Crippen LogP contribution in [0.3, 0.4) is 0 Å². The van der Waals surface area contributed by atoms with Crippen LogP contribution < -0.4 is 11.1 Å². The summed E-state index contributed by atoms with van der Waals surface area (Å²) in [5.74, 6) is 1.86. The summed E-state index contributed by atoms with van der Waals surface area (Å²) in [5.41, 5.74) is 6.85. The topological polar surface area (TPSA) is 75.4 Å². The summed E-state index contributed by atoms with van der Waals surface area (Å²) in [7, 11) is 0. The summed E-state index contributed by atoms with van der Waals surface area (Å²) in [4.78, 5) is 26.0. The van der Waals surface area contributed by atoms with Gasteiger partial charge in [-0.25, -0.2) is 0 Å². The highest BCUT2D eigenvalue weighted by atomic mass is 32.2. The quantitative estimate of drug-likeness (QED) is 0.885. The first-order chi connectivity index (χ1) is 10.1. The minimum absolute atomic E-state index is 0.0265. The van der Waals surface area contributed by atoms with Crippen LogP contribution in [0.4, 0.5) is 5.69 Å². The van der Waals surface area contributed by atoms with Gasteiger partial charge >= 0.3 is 0 Å². The molecule has 0 spiro atoms. The van der Waals surface area contributed by atoms with E-state index in [4.69, 9.17) is 5.73 Å². The van der Waals surface area contributed by atoms with Crippen molar-refractivity contribution in [2.75, 3.05) is 29.9 Å². The molecule has 1 saturated heterocycles. The predicted octanol–water partition coefficient (Wildman–Crippen LogP) is 1.55. The van der Waals surface area contributed by atoms with Gasteiger partial charge in [0.25, 0.3) is 5.91 Å². The largest absolute Gasteiger partial charge is 0.337 e. The predicted molar refractivity (Wildman–Crippen MR) is 86.6 cm³/mol. The minimum Gasteiger partial charge on any atom is -0.337 e. The van der Waals surface area contributed by atoms with Crippen LogP contribution in [0.2, 0.25) is 0 Å². The van der Waals surface area contributed by atoms with Crippen molar-refractivity contribution in [3.63, 3.8) is 0 Å². The van der Waals surface area contributed by atoms with Crippen LogP contribution in [0.25, 0.3) is 0 Å². The SMILES string of the molecule is CC(N)CC(=O)Nc1cccc(C(=O)N2CCSCC2)c1. The molecule has 1 fully saturated rings. The van der Waals surface area contributed by atoms with Gasteiger partial charge in [-0.05, 0) is 25.1 Å². The van der Waals surface area contributed by atoms with E-state index < -0.39 is 0 Å². The second kappa shape index (κ2) is 7.47. The standard InChI is InChI=1S/C15H21N3O2S/c1-11(16)9-14(19)17-13-4-2-3-12(10-13)15(20)18-5-7-21-8-6-18/h2-4,10-11H,5-9,16H2,1H3,(H,17,19). The maximum absolute atomic E-state index is 12.4. The fourth-order valence-corrected chi connectivity index (χ4v) is 3.09. The van der Waals surface area contributed by atoms with Gasteiger partial charge in [-0.15, -0.1) is 0 Å². The van der Waals surface area contributed by atoms with E-state index in [9.17, 15) is 9.59 Å². The Morgan fingerprint density at radius 3 is 2.76 bits per heavy atom. The Morgan fingerprint density at radius 1 is 1.38 bits per heavy atom. The Bertz CT molecular complexity index is 513. The van der Waals surface area contributed by atoms with E-state index in [0.29, 0.717) is 11.3 Å². The third-order valence-electron chi connectivity index (χ3n) is 3.20. The molecule has 1 aromatic carbocycles. The van der Waals surface area contributed by atoms with Gasteiger partial charge in [0, 0.05) is 48.3 Å². The number of nitrogens with one attached hydrogen (secondary N) is 1. The van der Waals surface area contributed by atoms with E-state index in [2.05, 4.69) is 5.32 Å². The Hall–Kier alpha value is -1.53. The average molecular weight is 307 g/mol. The van der Waals surface area contributed by atoms with Crippen LogP contribution in [0.15, 0.2) is 24.3 Å². The summed E-state index contributed by atoms with van der Waals surface area (Å²) < 4.78 is 0. The normalized spacial score (nSPS) is 16.4. The Morgan fingerprint density at radius 2 is 2.10 bits per heavy atom. The molecule has 5 nitrogen and oxygen atoms in total. The number of hydrogen-bond acceptors (Lipinski definition) is 4. The number of thioether (sulfide) groups is 1. The lowest BCUT2D eigenvalue weighted by Gasteiger charge is -2.26. The lowest BCUT2D eigenvalue weighted by Crippen LogP contribution is -2.37. The van der Waals surface area contributed by atoms with Gasteiger partial charge in [0.15, 0.2) is 0 Å². The second-order valence-corrected chi connectivity index (χ2v) is 6.44. The van der Waals surface area contributed by atoms with Crippen molar-refractivity contribution in [3.05, 3.63) is 29.8 Å². The second-order valence-electron chi connectivity index (χ2n) is 5.21. The summed E-state index contributed by atoms with van der Waals surface area (Å²) in [5, 5.41) is 2.78. The number of carbonyl (C=O) groups excluding carboxylic acids is 2. The Balaban J connectivity index is 2.03. The molecule has 3 N–H and O–H groups in total. The van der Waals surface area contributed by atoms with E-state index in [0.717, 1.165) is 24.6 Å². The van der Waals surface area contributed by atoms with Crippen LogP contribution in [-0.4, -0.2) is 47.4 Å². The smallest absolute Gasteiger partial charge is 0.253 e. The zero-order valence-electron chi connectivity index (χ0n) is 12.2. The third kappa shape index (κ3) is 4.75. The Kier molecular flexibility index (Phi) is 5.64. The number of hydrogen-bond donors (Lipinski definition) is 2. The van der Waals surface area contributed by atoms with Crippen LogP contribution in [0.5, 0.6) is 0 Å². The van der Waals surface area contributed by atoms with E-state index in [1.807, 2.05) is 16.7 Å². The number of amides is 2. The highest BCUT2D eigenvalue weighted by Gasteiger charge is 2.18. The van der Waals surface area contributed by atoms with Crippen molar-refractivity contribution in [2.24, 2.45) is 5.73 Å². The molecule has 0 aromatic heterocycles.